The third kappa shape index (κ3) is 4.67. The summed E-state index contributed by atoms with van der Waals surface area (Å²) in [7, 11) is 1.61. The molecule has 0 aliphatic carbocycles. The molecule has 6 nitrogen and oxygen atoms in total. The van der Waals surface area contributed by atoms with Gasteiger partial charge in [0.05, 0.1) is 18.0 Å². The first-order chi connectivity index (χ1) is 13.1. The van der Waals surface area contributed by atoms with E-state index in [1.807, 2.05) is 53.6 Å². The maximum absolute atomic E-state index is 12.7. The highest BCUT2D eigenvalue weighted by molar-refractivity contribution is 7.12. The van der Waals surface area contributed by atoms with Crippen molar-refractivity contribution < 1.29 is 14.3 Å². The lowest BCUT2D eigenvalue weighted by molar-refractivity contribution is -0.122. The number of methoxy groups -OCH3 is 1. The number of nitrogens with one attached hydrogen (secondary N) is 1. The number of hydrogen-bond donors (Lipinski definition) is 1. The van der Waals surface area contributed by atoms with Gasteiger partial charge in [0, 0.05) is 31.9 Å². The van der Waals surface area contributed by atoms with E-state index in [1.54, 1.807) is 7.11 Å². The van der Waals surface area contributed by atoms with Crippen LogP contribution >= 0.6 is 11.3 Å². The standard InChI is InChI=1S/C20H25N3O3S/c1-3-17(19(24)21-15-6-8-16(26-2)9-7-15)22-10-12-23(13-11-22)20(25)18-5-4-14-27-18/h4-9,14,17H,3,10-13H2,1-2H3,(H,21,24)/t17-/m0/s1. The quantitative estimate of drug-likeness (QED) is 0.828. The molecular weight excluding hydrogens is 362 g/mol. The van der Waals surface area contributed by atoms with Gasteiger partial charge in [-0.25, -0.2) is 0 Å². The molecule has 1 saturated heterocycles. The van der Waals surface area contributed by atoms with Crippen LogP contribution in [0.4, 0.5) is 5.69 Å². The van der Waals surface area contributed by atoms with Crippen LogP contribution in [0.5, 0.6) is 5.75 Å². The van der Waals surface area contributed by atoms with Crippen molar-refractivity contribution >= 4 is 28.8 Å². The molecule has 0 saturated carbocycles. The average Bonchev–Trinajstić information content (AvgIpc) is 3.24. The van der Waals surface area contributed by atoms with Gasteiger partial charge in [-0.2, -0.15) is 0 Å². The molecule has 1 aromatic heterocycles. The first-order valence-electron chi connectivity index (χ1n) is 9.14. The van der Waals surface area contributed by atoms with E-state index in [0.29, 0.717) is 26.2 Å². The van der Waals surface area contributed by atoms with E-state index < -0.39 is 0 Å². The fourth-order valence-electron chi connectivity index (χ4n) is 3.30. The van der Waals surface area contributed by atoms with E-state index in [-0.39, 0.29) is 17.9 Å². The number of thiophene rings is 1. The Kier molecular flexibility index (Phi) is 6.47. The van der Waals surface area contributed by atoms with Crippen molar-refractivity contribution in [2.75, 3.05) is 38.6 Å². The second-order valence-corrected chi connectivity index (χ2v) is 7.39. The number of ether oxygens (including phenoxy) is 1. The van der Waals surface area contributed by atoms with Crippen molar-refractivity contribution in [1.29, 1.82) is 0 Å². The summed E-state index contributed by atoms with van der Waals surface area (Å²) >= 11 is 1.47. The van der Waals surface area contributed by atoms with Gasteiger partial charge < -0.3 is 15.0 Å². The predicted molar refractivity (Wildman–Crippen MR) is 107 cm³/mol. The zero-order chi connectivity index (χ0) is 19.2. The fourth-order valence-corrected chi connectivity index (χ4v) is 3.99. The maximum Gasteiger partial charge on any atom is 0.264 e. The van der Waals surface area contributed by atoms with Gasteiger partial charge in [-0.15, -0.1) is 11.3 Å². The van der Waals surface area contributed by atoms with Gasteiger partial charge in [0.25, 0.3) is 5.91 Å². The van der Waals surface area contributed by atoms with Crippen LogP contribution in [0.25, 0.3) is 0 Å². The Hall–Kier alpha value is -2.38. The van der Waals surface area contributed by atoms with Gasteiger partial charge in [-0.3, -0.25) is 14.5 Å². The van der Waals surface area contributed by atoms with E-state index >= 15 is 0 Å². The third-order valence-corrected chi connectivity index (χ3v) is 5.68. The molecule has 2 aromatic rings. The molecule has 0 spiro atoms. The molecule has 1 aliphatic heterocycles. The normalized spacial score (nSPS) is 16.0. The number of rotatable bonds is 6. The van der Waals surface area contributed by atoms with E-state index in [2.05, 4.69) is 10.2 Å². The highest BCUT2D eigenvalue weighted by atomic mass is 32.1. The zero-order valence-electron chi connectivity index (χ0n) is 15.7. The lowest BCUT2D eigenvalue weighted by atomic mass is 10.1. The Bertz CT molecular complexity index is 753. The smallest absolute Gasteiger partial charge is 0.264 e. The maximum atomic E-state index is 12.7. The molecule has 144 valence electrons. The van der Waals surface area contributed by atoms with Crippen LogP contribution in [0.2, 0.25) is 0 Å². The Morgan fingerprint density at radius 1 is 1.15 bits per heavy atom. The van der Waals surface area contributed by atoms with E-state index in [4.69, 9.17) is 4.74 Å². The Morgan fingerprint density at radius 2 is 1.85 bits per heavy atom. The number of benzene rings is 1. The minimum absolute atomic E-state index is 0.0132. The van der Waals surface area contributed by atoms with Crippen molar-refractivity contribution in [3.63, 3.8) is 0 Å². The van der Waals surface area contributed by atoms with Gasteiger partial charge in [0.1, 0.15) is 5.75 Å². The van der Waals surface area contributed by atoms with Crippen molar-refractivity contribution in [3.05, 3.63) is 46.7 Å². The van der Waals surface area contributed by atoms with E-state index in [9.17, 15) is 9.59 Å². The minimum Gasteiger partial charge on any atom is -0.497 e. The summed E-state index contributed by atoms with van der Waals surface area (Å²) in [5.74, 6) is 0.827. The molecule has 0 unspecified atom stereocenters. The van der Waals surface area contributed by atoms with Crippen molar-refractivity contribution in [2.24, 2.45) is 0 Å². The number of hydrogen-bond acceptors (Lipinski definition) is 5. The van der Waals surface area contributed by atoms with Crippen LogP contribution in [-0.4, -0.2) is 60.9 Å². The van der Waals surface area contributed by atoms with Crippen molar-refractivity contribution in [2.45, 2.75) is 19.4 Å². The van der Waals surface area contributed by atoms with Crippen LogP contribution < -0.4 is 10.1 Å². The van der Waals surface area contributed by atoms with Crippen LogP contribution in [0.15, 0.2) is 41.8 Å². The zero-order valence-corrected chi connectivity index (χ0v) is 16.5. The lowest BCUT2D eigenvalue weighted by Gasteiger charge is -2.38. The summed E-state index contributed by atoms with van der Waals surface area (Å²) < 4.78 is 5.14. The molecule has 0 bridgehead atoms. The predicted octanol–water partition coefficient (Wildman–Crippen LogP) is 2.93. The van der Waals surface area contributed by atoms with Gasteiger partial charge in [-0.1, -0.05) is 13.0 Å². The summed E-state index contributed by atoms with van der Waals surface area (Å²) in [6.45, 7) is 4.70. The molecule has 1 N–H and O–H groups in total. The van der Waals surface area contributed by atoms with Crippen molar-refractivity contribution in [3.8, 4) is 5.75 Å². The number of carbonyl (C=O) groups is 2. The molecule has 2 amide bonds. The minimum atomic E-state index is -0.203. The molecule has 2 heterocycles. The Labute approximate surface area is 163 Å². The van der Waals surface area contributed by atoms with Gasteiger partial charge >= 0.3 is 0 Å². The largest absolute Gasteiger partial charge is 0.497 e. The highest BCUT2D eigenvalue weighted by Gasteiger charge is 2.29. The summed E-state index contributed by atoms with van der Waals surface area (Å²) in [4.78, 5) is 30.0. The first-order valence-corrected chi connectivity index (χ1v) is 10.0. The van der Waals surface area contributed by atoms with Gasteiger partial charge in [0.2, 0.25) is 5.91 Å². The molecule has 7 heteroatoms. The molecular formula is C20H25N3O3S. The van der Waals surface area contributed by atoms with Crippen LogP contribution in [-0.2, 0) is 4.79 Å². The monoisotopic (exact) mass is 387 g/mol. The summed E-state index contributed by atoms with van der Waals surface area (Å²) in [5.41, 5.74) is 0.755. The Balaban J connectivity index is 1.56. The van der Waals surface area contributed by atoms with Crippen LogP contribution in [0, 0.1) is 0 Å². The van der Waals surface area contributed by atoms with Crippen molar-refractivity contribution in [1.82, 2.24) is 9.80 Å². The summed E-state index contributed by atoms with van der Waals surface area (Å²) in [5, 5.41) is 4.90. The molecule has 1 atom stereocenters. The number of anilines is 1. The van der Waals surface area contributed by atoms with E-state index in [0.717, 1.165) is 22.7 Å². The summed E-state index contributed by atoms with van der Waals surface area (Å²) in [6.07, 6.45) is 0.723. The molecule has 0 radical (unpaired) electrons. The molecule has 1 fully saturated rings. The second-order valence-electron chi connectivity index (χ2n) is 6.45. The molecule has 1 aromatic carbocycles. The molecule has 1 aliphatic rings. The van der Waals surface area contributed by atoms with Gasteiger partial charge in [-0.05, 0) is 42.1 Å². The number of nitrogens with zero attached hydrogens (tertiary/aromatic N) is 2. The molecule has 3 rings (SSSR count). The number of carbonyl (C=O) groups excluding carboxylic acids is 2. The summed E-state index contributed by atoms with van der Waals surface area (Å²) in [6, 6.07) is 10.9. The van der Waals surface area contributed by atoms with Crippen LogP contribution in [0.1, 0.15) is 23.0 Å². The third-order valence-electron chi connectivity index (χ3n) is 4.82. The number of piperazine rings is 1. The lowest BCUT2D eigenvalue weighted by Crippen LogP contribution is -2.54. The average molecular weight is 388 g/mol. The highest BCUT2D eigenvalue weighted by Crippen LogP contribution is 2.18. The van der Waals surface area contributed by atoms with E-state index in [1.165, 1.54) is 11.3 Å². The van der Waals surface area contributed by atoms with Gasteiger partial charge in [0.15, 0.2) is 0 Å². The second kappa shape index (κ2) is 9.01. The fraction of sp³-hybridized carbons (Fsp3) is 0.400. The SMILES string of the molecule is CC[C@@H](C(=O)Nc1ccc(OC)cc1)N1CCN(C(=O)c2cccs2)CC1. The van der Waals surface area contributed by atoms with Crippen LogP contribution in [0.3, 0.4) is 0 Å². The first kappa shape index (κ1) is 19.4. The topological polar surface area (TPSA) is 61.9 Å². The Morgan fingerprint density at radius 3 is 2.41 bits per heavy atom. The molecule has 27 heavy (non-hydrogen) atoms. The number of amides is 2.